The number of benzene rings is 1. The van der Waals surface area contributed by atoms with Gasteiger partial charge in [0.25, 0.3) is 0 Å². The SMILES string of the molecule is COC(=O)CC/C=C/C(=O)c1ccccc1. The minimum atomic E-state index is -0.267. The quantitative estimate of drug-likeness (QED) is 0.433. The van der Waals surface area contributed by atoms with Crippen molar-refractivity contribution >= 4 is 11.8 Å². The molecule has 0 heterocycles. The van der Waals surface area contributed by atoms with Crippen molar-refractivity contribution in [1.29, 1.82) is 0 Å². The molecule has 84 valence electrons. The molecule has 0 amide bonds. The Balaban J connectivity index is 2.40. The second kappa shape index (κ2) is 6.56. The molecular weight excluding hydrogens is 204 g/mol. The smallest absolute Gasteiger partial charge is 0.305 e. The van der Waals surface area contributed by atoms with Crippen LogP contribution in [0.2, 0.25) is 0 Å². The molecule has 0 aromatic heterocycles. The first-order valence-corrected chi connectivity index (χ1v) is 5.07. The van der Waals surface area contributed by atoms with Gasteiger partial charge in [0.05, 0.1) is 7.11 Å². The van der Waals surface area contributed by atoms with E-state index in [1.54, 1.807) is 18.2 Å². The molecule has 0 unspecified atom stereocenters. The predicted octanol–water partition coefficient (Wildman–Crippen LogP) is 2.38. The molecule has 0 aliphatic heterocycles. The van der Waals surface area contributed by atoms with Gasteiger partial charge in [-0.2, -0.15) is 0 Å². The van der Waals surface area contributed by atoms with Crippen LogP contribution in [0.5, 0.6) is 0 Å². The number of hydrogen-bond donors (Lipinski definition) is 0. The van der Waals surface area contributed by atoms with Gasteiger partial charge in [-0.05, 0) is 12.5 Å². The molecule has 0 fully saturated rings. The van der Waals surface area contributed by atoms with E-state index in [1.807, 2.05) is 18.2 Å². The summed E-state index contributed by atoms with van der Waals surface area (Å²) in [7, 11) is 1.35. The summed E-state index contributed by atoms with van der Waals surface area (Å²) in [5.41, 5.74) is 0.650. The molecule has 0 aliphatic carbocycles. The summed E-state index contributed by atoms with van der Waals surface area (Å²) in [6.45, 7) is 0. The Kier molecular flexibility index (Phi) is 4.99. The van der Waals surface area contributed by atoms with Crippen LogP contribution in [0.15, 0.2) is 42.5 Å². The fourth-order valence-corrected chi connectivity index (χ4v) is 1.19. The fraction of sp³-hybridized carbons (Fsp3) is 0.231. The van der Waals surface area contributed by atoms with E-state index in [2.05, 4.69) is 4.74 Å². The van der Waals surface area contributed by atoms with Crippen LogP contribution in [0.3, 0.4) is 0 Å². The van der Waals surface area contributed by atoms with Crippen molar-refractivity contribution in [3.05, 3.63) is 48.0 Å². The lowest BCUT2D eigenvalue weighted by Crippen LogP contribution is -1.98. The highest BCUT2D eigenvalue weighted by Crippen LogP contribution is 2.02. The van der Waals surface area contributed by atoms with Crippen LogP contribution >= 0.6 is 0 Å². The predicted molar refractivity (Wildman–Crippen MR) is 61.2 cm³/mol. The van der Waals surface area contributed by atoms with Crippen LogP contribution in [-0.2, 0) is 9.53 Å². The molecule has 3 nitrogen and oxygen atoms in total. The second-order valence-electron chi connectivity index (χ2n) is 3.25. The van der Waals surface area contributed by atoms with Crippen LogP contribution in [-0.4, -0.2) is 18.9 Å². The summed E-state index contributed by atoms with van der Waals surface area (Å²) in [6.07, 6.45) is 3.99. The molecule has 0 bridgehead atoms. The Bertz CT molecular complexity index is 379. The van der Waals surface area contributed by atoms with E-state index in [4.69, 9.17) is 0 Å². The molecule has 0 radical (unpaired) electrons. The van der Waals surface area contributed by atoms with Gasteiger partial charge in [-0.25, -0.2) is 0 Å². The van der Waals surface area contributed by atoms with Crippen molar-refractivity contribution in [3.8, 4) is 0 Å². The van der Waals surface area contributed by atoms with Gasteiger partial charge in [-0.3, -0.25) is 9.59 Å². The van der Waals surface area contributed by atoms with Crippen LogP contribution in [0.1, 0.15) is 23.2 Å². The van der Waals surface area contributed by atoms with Gasteiger partial charge in [0, 0.05) is 12.0 Å². The number of carbonyl (C=O) groups excluding carboxylic acids is 2. The Labute approximate surface area is 94.7 Å². The largest absolute Gasteiger partial charge is 0.469 e. The maximum absolute atomic E-state index is 11.6. The van der Waals surface area contributed by atoms with E-state index in [0.29, 0.717) is 18.4 Å². The molecule has 0 N–H and O–H groups in total. The van der Waals surface area contributed by atoms with Gasteiger partial charge in [-0.15, -0.1) is 0 Å². The first-order chi connectivity index (χ1) is 7.74. The maximum Gasteiger partial charge on any atom is 0.305 e. The number of hydrogen-bond acceptors (Lipinski definition) is 3. The van der Waals surface area contributed by atoms with Gasteiger partial charge in [0.1, 0.15) is 0 Å². The molecule has 0 saturated heterocycles. The number of esters is 1. The lowest BCUT2D eigenvalue weighted by molar-refractivity contribution is -0.140. The number of allylic oxidation sites excluding steroid dienone is 2. The normalized spacial score (nSPS) is 10.3. The van der Waals surface area contributed by atoms with E-state index in [1.165, 1.54) is 13.2 Å². The third-order valence-corrected chi connectivity index (χ3v) is 2.07. The van der Waals surface area contributed by atoms with Crippen molar-refractivity contribution in [1.82, 2.24) is 0 Å². The summed E-state index contributed by atoms with van der Waals surface area (Å²) in [4.78, 5) is 22.3. The monoisotopic (exact) mass is 218 g/mol. The van der Waals surface area contributed by atoms with E-state index in [0.717, 1.165) is 0 Å². The summed E-state index contributed by atoms with van der Waals surface area (Å²) in [6, 6.07) is 9.00. The van der Waals surface area contributed by atoms with Gasteiger partial charge >= 0.3 is 5.97 Å². The Morgan fingerprint density at radius 3 is 2.56 bits per heavy atom. The van der Waals surface area contributed by atoms with Crippen LogP contribution < -0.4 is 0 Å². The third kappa shape index (κ3) is 4.09. The Morgan fingerprint density at radius 1 is 1.25 bits per heavy atom. The number of ketones is 1. The zero-order valence-electron chi connectivity index (χ0n) is 9.18. The van der Waals surface area contributed by atoms with E-state index in [-0.39, 0.29) is 11.8 Å². The highest BCUT2D eigenvalue weighted by molar-refractivity contribution is 6.04. The van der Waals surface area contributed by atoms with Gasteiger partial charge in [0.15, 0.2) is 5.78 Å². The minimum absolute atomic E-state index is 0.0505. The minimum Gasteiger partial charge on any atom is -0.469 e. The second-order valence-corrected chi connectivity index (χ2v) is 3.25. The molecular formula is C13H14O3. The standard InChI is InChI=1S/C13H14O3/c1-16-13(15)10-6-5-9-12(14)11-7-3-2-4-8-11/h2-5,7-9H,6,10H2,1H3/b9-5+. The molecule has 3 heteroatoms. The molecule has 1 aromatic carbocycles. The van der Waals surface area contributed by atoms with Gasteiger partial charge in [-0.1, -0.05) is 36.4 Å². The summed E-state index contributed by atoms with van der Waals surface area (Å²) < 4.78 is 4.48. The van der Waals surface area contributed by atoms with E-state index in [9.17, 15) is 9.59 Å². The molecule has 0 atom stereocenters. The number of methoxy groups -OCH3 is 1. The molecule has 1 rings (SSSR count). The topological polar surface area (TPSA) is 43.4 Å². The highest BCUT2D eigenvalue weighted by atomic mass is 16.5. The lowest BCUT2D eigenvalue weighted by atomic mass is 10.1. The van der Waals surface area contributed by atoms with E-state index < -0.39 is 0 Å². The molecule has 0 saturated carbocycles. The van der Waals surface area contributed by atoms with Crippen molar-refractivity contribution in [2.24, 2.45) is 0 Å². The Hall–Kier alpha value is -1.90. The number of carbonyl (C=O) groups is 2. The van der Waals surface area contributed by atoms with E-state index >= 15 is 0 Å². The zero-order valence-corrected chi connectivity index (χ0v) is 9.18. The number of ether oxygens (including phenoxy) is 1. The average molecular weight is 218 g/mol. The lowest BCUT2D eigenvalue weighted by Gasteiger charge is -1.95. The fourth-order valence-electron chi connectivity index (χ4n) is 1.19. The van der Waals surface area contributed by atoms with Crippen molar-refractivity contribution in [3.63, 3.8) is 0 Å². The molecule has 16 heavy (non-hydrogen) atoms. The van der Waals surface area contributed by atoms with Crippen molar-refractivity contribution < 1.29 is 14.3 Å². The summed E-state index contributed by atoms with van der Waals surface area (Å²) >= 11 is 0. The van der Waals surface area contributed by atoms with Crippen LogP contribution in [0.4, 0.5) is 0 Å². The van der Waals surface area contributed by atoms with Gasteiger partial charge in [0.2, 0.25) is 0 Å². The molecule has 0 spiro atoms. The van der Waals surface area contributed by atoms with Gasteiger partial charge < -0.3 is 4.74 Å². The van der Waals surface area contributed by atoms with Crippen molar-refractivity contribution in [2.45, 2.75) is 12.8 Å². The summed E-state index contributed by atoms with van der Waals surface area (Å²) in [5, 5.41) is 0. The molecule has 1 aromatic rings. The van der Waals surface area contributed by atoms with Crippen LogP contribution in [0, 0.1) is 0 Å². The summed E-state index contributed by atoms with van der Waals surface area (Å²) in [5.74, 6) is -0.317. The average Bonchev–Trinajstić information content (AvgIpc) is 2.35. The highest BCUT2D eigenvalue weighted by Gasteiger charge is 2.00. The Morgan fingerprint density at radius 2 is 1.94 bits per heavy atom. The third-order valence-electron chi connectivity index (χ3n) is 2.07. The molecule has 0 aliphatic rings. The van der Waals surface area contributed by atoms with Crippen molar-refractivity contribution in [2.75, 3.05) is 7.11 Å². The first kappa shape index (κ1) is 12.2. The zero-order chi connectivity index (χ0) is 11.8. The van der Waals surface area contributed by atoms with Crippen LogP contribution in [0.25, 0.3) is 0 Å². The number of rotatable bonds is 5. The maximum atomic E-state index is 11.6. The first-order valence-electron chi connectivity index (χ1n) is 5.07.